The Morgan fingerprint density at radius 1 is 1.18 bits per heavy atom. The van der Waals surface area contributed by atoms with E-state index in [4.69, 9.17) is 0 Å². The van der Waals surface area contributed by atoms with Crippen LogP contribution < -0.4 is 4.72 Å². The Morgan fingerprint density at radius 3 is 2.59 bits per heavy atom. The molecule has 0 spiro atoms. The van der Waals surface area contributed by atoms with E-state index in [1.165, 1.54) is 12.3 Å². The number of aryl methyl sites for hydroxylation is 1. The van der Waals surface area contributed by atoms with Gasteiger partial charge in [-0.1, -0.05) is 30.3 Å². The molecule has 1 heterocycles. The van der Waals surface area contributed by atoms with E-state index in [-0.39, 0.29) is 16.9 Å². The molecule has 1 aliphatic carbocycles. The SMILES string of the molecule is Cc1ccccc1[C@H]1C[C@@H]1C(=O)NS(=O)(=O)c1ccccn1. The molecule has 1 aromatic heterocycles. The molecule has 1 aromatic carbocycles. The first-order valence-corrected chi connectivity index (χ1v) is 8.50. The van der Waals surface area contributed by atoms with Crippen LogP contribution in [-0.2, 0) is 14.8 Å². The summed E-state index contributed by atoms with van der Waals surface area (Å²) < 4.78 is 26.3. The first-order valence-electron chi connectivity index (χ1n) is 7.02. The zero-order chi connectivity index (χ0) is 15.7. The molecule has 1 N–H and O–H groups in total. The van der Waals surface area contributed by atoms with Gasteiger partial charge in [-0.15, -0.1) is 0 Å². The molecule has 5 nitrogen and oxygen atoms in total. The molecular formula is C16H16N2O3S. The van der Waals surface area contributed by atoms with Gasteiger partial charge in [0.25, 0.3) is 10.0 Å². The summed E-state index contributed by atoms with van der Waals surface area (Å²) in [5, 5.41) is -0.142. The van der Waals surface area contributed by atoms with Gasteiger partial charge in [-0.3, -0.25) is 4.79 Å². The summed E-state index contributed by atoms with van der Waals surface area (Å²) >= 11 is 0. The number of benzene rings is 1. The topological polar surface area (TPSA) is 76.1 Å². The van der Waals surface area contributed by atoms with E-state index < -0.39 is 15.9 Å². The van der Waals surface area contributed by atoms with Gasteiger partial charge in [-0.25, -0.2) is 9.71 Å². The molecule has 1 saturated carbocycles. The highest BCUT2D eigenvalue weighted by atomic mass is 32.2. The molecule has 6 heteroatoms. The van der Waals surface area contributed by atoms with Crippen molar-refractivity contribution in [2.75, 3.05) is 0 Å². The molecule has 114 valence electrons. The lowest BCUT2D eigenvalue weighted by Gasteiger charge is -2.07. The van der Waals surface area contributed by atoms with Crippen molar-refractivity contribution in [3.05, 3.63) is 59.8 Å². The zero-order valence-electron chi connectivity index (χ0n) is 12.1. The maximum atomic E-state index is 12.2. The number of carbonyl (C=O) groups is 1. The molecule has 1 aliphatic rings. The number of sulfonamides is 1. The van der Waals surface area contributed by atoms with Crippen LogP contribution in [0.25, 0.3) is 0 Å². The van der Waals surface area contributed by atoms with Crippen molar-refractivity contribution in [1.82, 2.24) is 9.71 Å². The van der Waals surface area contributed by atoms with Gasteiger partial charge < -0.3 is 0 Å². The number of carbonyl (C=O) groups excluding carboxylic acids is 1. The Balaban J connectivity index is 1.71. The third-order valence-electron chi connectivity index (χ3n) is 3.86. The number of nitrogens with zero attached hydrogens (tertiary/aromatic N) is 1. The van der Waals surface area contributed by atoms with Gasteiger partial charge in [0.1, 0.15) is 0 Å². The zero-order valence-corrected chi connectivity index (χ0v) is 12.9. The molecular weight excluding hydrogens is 300 g/mol. The third-order valence-corrected chi connectivity index (χ3v) is 5.13. The Kier molecular flexibility index (Phi) is 3.70. The van der Waals surface area contributed by atoms with Crippen LogP contribution in [0, 0.1) is 12.8 Å². The number of hydrogen-bond donors (Lipinski definition) is 1. The maximum absolute atomic E-state index is 12.2. The second-order valence-electron chi connectivity index (χ2n) is 5.44. The Bertz CT molecular complexity index is 803. The number of aromatic nitrogens is 1. The average molecular weight is 316 g/mol. The number of amides is 1. The Labute approximate surface area is 129 Å². The number of pyridine rings is 1. The van der Waals surface area contributed by atoms with Gasteiger partial charge in [0.15, 0.2) is 5.03 Å². The largest absolute Gasteiger partial charge is 0.281 e. The molecule has 0 aliphatic heterocycles. The predicted octanol–water partition coefficient (Wildman–Crippen LogP) is 2.00. The second-order valence-corrected chi connectivity index (χ2v) is 7.07. The Morgan fingerprint density at radius 2 is 1.91 bits per heavy atom. The molecule has 2 atom stereocenters. The van der Waals surface area contributed by atoms with Crippen molar-refractivity contribution < 1.29 is 13.2 Å². The van der Waals surface area contributed by atoms with E-state index in [0.717, 1.165) is 11.1 Å². The highest BCUT2D eigenvalue weighted by molar-refractivity contribution is 7.90. The minimum atomic E-state index is -3.89. The normalized spacial score (nSPS) is 20.4. The molecule has 3 rings (SSSR count). The van der Waals surface area contributed by atoms with Gasteiger partial charge in [0.05, 0.1) is 0 Å². The van der Waals surface area contributed by atoms with Gasteiger partial charge >= 0.3 is 0 Å². The van der Waals surface area contributed by atoms with Crippen LogP contribution in [0.15, 0.2) is 53.7 Å². The van der Waals surface area contributed by atoms with Gasteiger partial charge in [-0.2, -0.15) is 8.42 Å². The van der Waals surface area contributed by atoms with Crippen LogP contribution in [0.2, 0.25) is 0 Å². The second kappa shape index (κ2) is 5.53. The van der Waals surface area contributed by atoms with Crippen molar-refractivity contribution in [3.8, 4) is 0 Å². The standard InChI is InChI=1S/C16H16N2O3S/c1-11-6-2-3-7-12(11)13-10-14(13)16(19)18-22(20,21)15-8-4-5-9-17-15/h2-9,13-14H,10H2,1H3,(H,18,19)/t13-,14+/m1/s1. The third kappa shape index (κ3) is 2.87. The number of hydrogen-bond acceptors (Lipinski definition) is 4. The van der Waals surface area contributed by atoms with E-state index in [2.05, 4.69) is 9.71 Å². The van der Waals surface area contributed by atoms with E-state index in [1.54, 1.807) is 12.1 Å². The maximum Gasteiger partial charge on any atom is 0.281 e. The van der Waals surface area contributed by atoms with E-state index >= 15 is 0 Å². The summed E-state index contributed by atoms with van der Waals surface area (Å²) in [6.07, 6.45) is 2.06. The predicted molar refractivity (Wildman–Crippen MR) is 81.6 cm³/mol. The van der Waals surface area contributed by atoms with Crippen LogP contribution in [0.5, 0.6) is 0 Å². The number of nitrogens with one attached hydrogen (secondary N) is 1. The molecule has 0 bridgehead atoms. The van der Waals surface area contributed by atoms with Crippen LogP contribution in [0.3, 0.4) is 0 Å². The Hall–Kier alpha value is -2.21. The van der Waals surface area contributed by atoms with Crippen molar-refractivity contribution >= 4 is 15.9 Å². The van der Waals surface area contributed by atoms with E-state index in [1.807, 2.05) is 31.2 Å². The molecule has 0 radical (unpaired) electrons. The first-order chi connectivity index (χ1) is 10.5. The molecule has 22 heavy (non-hydrogen) atoms. The average Bonchev–Trinajstić information content (AvgIpc) is 3.29. The lowest BCUT2D eigenvalue weighted by Crippen LogP contribution is -2.32. The minimum absolute atomic E-state index is 0.0973. The van der Waals surface area contributed by atoms with Crippen molar-refractivity contribution in [2.45, 2.75) is 24.3 Å². The van der Waals surface area contributed by atoms with Crippen LogP contribution in [0.4, 0.5) is 0 Å². The summed E-state index contributed by atoms with van der Waals surface area (Å²) in [7, 11) is -3.89. The molecule has 1 amide bonds. The quantitative estimate of drug-likeness (QED) is 0.936. The van der Waals surface area contributed by atoms with Crippen molar-refractivity contribution in [1.29, 1.82) is 0 Å². The summed E-state index contributed by atoms with van der Waals surface area (Å²) in [6, 6.07) is 12.4. The highest BCUT2D eigenvalue weighted by Crippen LogP contribution is 2.48. The molecule has 2 aromatic rings. The smallest absolute Gasteiger partial charge is 0.274 e. The van der Waals surface area contributed by atoms with E-state index in [0.29, 0.717) is 6.42 Å². The van der Waals surface area contributed by atoms with Gasteiger partial charge in [-0.05, 0) is 42.5 Å². The van der Waals surface area contributed by atoms with Gasteiger partial charge in [0, 0.05) is 12.1 Å². The van der Waals surface area contributed by atoms with Crippen molar-refractivity contribution in [2.24, 2.45) is 5.92 Å². The summed E-state index contributed by atoms with van der Waals surface area (Å²) in [4.78, 5) is 15.9. The summed E-state index contributed by atoms with van der Waals surface area (Å²) in [5.74, 6) is -0.654. The molecule has 0 unspecified atom stereocenters. The van der Waals surface area contributed by atoms with Gasteiger partial charge in [0.2, 0.25) is 5.91 Å². The van der Waals surface area contributed by atoms with Crippen LogP contribution in [-0.4, -0.2) is 19.3 Å². The summed E-state index contributed by atoms with van der Waals surface area (Å²) in [6.45, 7) is 1.99. The highest BCUT2D eigenvalue weighted by Gasteiger charge is 2.45. The monoisotopic (exact) mass is 316 g/mol. The van der Waals surface area contributed by atoms with Crippen LogP contribution in [0.1, 0.15) is 23.5 Å². The van der Waals surface area contributed by atoms with E-state index in [9.17, 15) is 13.2 Å². The van der Waals surface area contributed by atoms with Crippen LogP contribution >= 0.6 is 0 Å². The fourth-order valence-corrected chi connectivity index (χ4v) is 3.58. The minimum Gasteiger partial charge on any atom is -0.274 e. The number of rotatable bonds is 4. The fourth-order valence-electron chi connectivity index (χ4n) is 2.60. The molecule has 1 fully saturated rings. The first kappa shape index (κ1) is 14.7. The van der Waals surface area contributed by atoms with Crippen molar-refractivity contribution in [3.63, 3.8) is 0 Å². The lowest BCUT2D eigenvalue weighted by molar-refractivity contribution is -0.120. The fraction of sp³-hybridized carbons (Fsp3) is 0.250. The lowest BCUT2D eigenvalue weighted by atomic mass is 10.0. The molecule has 0 saturated heterocycles. The summed E-state index contributed by atoms with van der Waals surface area (Å²) in [5.41, 5.74) is 2.23.